The van der Waals surface area contributed by atoms with E-state index in [1.165, 1.54) is 0 Å². The predicted octanol–water partition coefficient (Wildman–Crippen LogP) is 6.19. The van der Waals surface area contributed by atoms with E-state index in [9.17, 15) is 14.3 Å². The summed E-state index contributed by atoms with van der Waals surface area (Å²) < 4.78 is 24.0. The van der Waals surface area contributed by atoms with Gasteiger partial charge >= 0.3 is 6.80 Å². The number of aryl methyl sites for hydroxylation is 4. The molecule has 0 amide bonds. The van der Waals surface area contributed by atoms with Crippen LogP contribution < -0.4 is 9.95 Å². The topological polar surface area (TPSA) is 76.7 Å². The molecule has 0 aliphatic carbocycles. The Hall–Kier alpha value is -1.75. The van der Waals surface area contributed by atoms with Crippen LogP contribution in [0.1, 0.15) is 42.0 Å². The summed E-state index contributed by atoms with van der Waals surface area (Å²) in [5.41, 5.74) is 4.06. The van der Waals surface area contributed by atoms with Crippen LogP contribution in [0.3, 0.4) is 0 Å². The Balaban J connectivity index is 2.16. The highest BCUT2D eigenvalue weighted by Crippen LogP contribution is 2.56. The first-order valence-corrected chi connectivity index (χ1v) is 12.5. The van der Waals surface area contributed by atoms with Gasteiger partial charge in [-0.2, -0.15) is 0 Å². The van der Waals surface area contributed by atoms with Gasteiger partial charge in [-0.05, 0) is 80.4 Å². The predicted molar refractivity (Wildman–Crippen MR) is 117 cm³/mol. The number of rotatable bonds is 6. The lowest BCUT2D eigenvalue weighted by atomic mass is 10.0. The molecule has 0 aliphatic rings. The standard InChI is InChI=1S/C21H25O5PS/c1-6-7-8-28-27(23,24)26-17-11-14(4)19-20(22)16-9-12(2)13(3)10-18(16)25-21(19)15(17)5/h9-11H,6-8H2,1-5H3,(H,23,24). The molecule has 1 N–H and O–H groups in total. The van der Waals surface area contributed by atoms with Crippen LogP contribution in [0.5, 0.6) is 5.75 Å². The van der Waals surface area contributed by atoms with Crippen molar-refractivity contribution in [2.75, 3.05) is 5.75 Å². The maximum atomic E-state index is 13.1. The van der Waals surface area contributed by atoms with Gasteiger partial charge in [0.1, 0.15) is 16.9 Å². The molecule has 150 valence electrons. The summed E-state index contributed by atoms with van der Waals surface area (Å²) in [4.78, 5) is 23.3. The maximum Gasteiger partial charge on any atom is 0.437 e. The Labute approximate surface area is 168 Å². The van der Waals surface area contributed by atoms with E-state index < -0.39 is 6.80 Å². The number of benzene rings is 2. The van der Waals surface area contributed by atoms with E-state index in [1.54, 1.807) is 19.9 Å². The second-order valence-electron chi connectivity index (χ2n) is 7.13. The van der Waals surface area contributed by atoms with Crippen molar-refractivity contribution >= 4 is 40.1 Å². The van der Waals surface area contributed by atoms with Crippen molar-refractivity contribution in [3.05, 3.63) is 50.7 Å². The molecule has 0 saturated heterocycles. The van der Waals surface area contributed by atoms with Crippen LogP contribution in [-0.2, 0) is 4.57 Å². The lowest BCUT2D eigenvalue weighted by Gasteiger charge is -2.16. The number of hydrogen-bond donors (Lipinski definition) is 1. The number of hydrogen-bond acceptors (Lipinski definition) is 5. The van der Waals surface area contributed by atoms with Crippen LogP contribution in [0, 0.1) is 27.7 Å². The molecule has 2 aromatic carbocycles. The third-order valence-corrected chi connectivity index (χ3v) is 7.90. The fourth-order valence-corrected chi connectivity index (χ4v) is 5.75. The van der Waals surface area contributed by atoms with Gasteiger partial charge in [0.25, 0.3) is 0 Å². The van der Waals surface area contributed by atoms with Gasteiger partial charge in [-0.3, -0.25) is 4.79 Å². The fraction of sp³-hybridized carbons (Fsp3) is 0.381. The molecular formula is C21H25O5PS. The molecule has 0 radical (unpaired) electrons. The van der Waals surface area contributed by atoms with Gasteiger partial charge in [-0.25, -0.2) is 4.57 Å². The Bertz CT molecular complexity index is 1170. The summed E-state index contributed by atoms with van der Waals surface area (Å²) in [7, 11) is 0. The lowest BCUT2D eigenvalue weighted by molar-refractivity contribution is 0.401. The van der Waals surface area contributed by atoms with Crippen LogP contribution in [-0.4, -0.2) is 10.6 Å². The molecule has 0 bridgehead atoms. The molecule has 3 rings (SSSR count). The van der Waals surface area contributed by atoms with Gasteiger partial charge < -0.3 is 13.8 Å². The summed E-state index contributed by atoms with van der Waals surface area (Å²) in [5, 5.41) is 1.02. The SMILES string of the molecule is CCCCSP(=O)(O)Oc1cc(C)c2c(=O)c3cc(C)c(C)cc3oc2c1C. The number of fused-ring (bicyclic) bond motifs is 2. The molecule has 0 saturated carbocycles. The van der Waals surface area contributed by atoms with Gasteiger partial charge in [0.05, 0.1) is 10.8 Å². The van der Waals surface area contributed by atoms with Crippen LogP contribution in [0.4, 0.5) is 0 Å². The van der Waals surface area contributed by atoms with Crippen LogP contribution in [0.25, 0.3) is 21.9 Å². The molecule has 0 fully saturated rings. The highest BCUT2D eigenvalue weighted by atomic mass is 32.7. The van der Waals surface area contributed by atoms with E-state index in [2.05, 4.69) is 0 Å². The molecule has 1 unspecified atom stereocenters. The van der Waals surface area contributed by atoms with Gasteiger partial charge in [0.15, 0.2) is 0 Å². The Kier molecular flexibility index (Phi) is 5.95. The highest BCUT2D eigenvalue weighted by molar-refractivity contribution is 8.54. The Morgan fingerprint density at radius 3 is 2.46 bits per heavy atom. The summed E-state index contributed by atoms with van der Waals surface area (Å²) in [5.74, 6) is 0.819. The quantitative estimate of drug-likeness (QED) is 0.291. The van der Waals surface area contributed by atoms with Crippen LogP contribution in [0.15, 0.2) is 27.4 Å². The Morgan fingerprint density at radius 2 is 1.79 bits per heavy atom. The second kappa shape index (κ2) is 7.94. The third kappa shape index (κ3) is 4.00. The van der Waals surface area contributed by atoms with Crippen molar-refractivity contribution in [1.29, 1.82) is 0 Å². The van der Waals surface area contributed by atoms with Crippen molar-refractivity contribution in [3.63, 3.8) is 0 Å². The average Bonchev–Trinajstić information content (AvgIpc) is 2.61. The average molecular weight is 420 g/mol. The first kappa shape index (κ1) is 21.0. The third-order valence-electron chi connectivity index (χ3n) is 4.92. The van der Waals surface area contributed by atoms with Crippen molar-refractivity contribution in [3.8, 4) is 5.75 Å². The molecule has 1 atom stereocenters. The zero-order valence-corrected chi connectivity index (χ0v) is 18.5. The normalized spacial score (nSPS) is 13.8. The minimum atomic E-state index is -3.85. The maximum absolute atomic E-state index is 13.1. The van der Waals surface area contributed by atoms with Crippen molar-refractivity contribution in [2.45, 2.75) is 47.5 Å². The van der Waals surface area contributed by atoms with E-state index >= 15 is 0 Å². The molecule has 5 nitrogen and oxygen atoms in total. The van der Waals surface area contributed by atoms with Crippen molar-refractivity contribution in [1.82, 2.24) is 0 Å². The lowest BCUT2D eigenvalue weighted by Crippen LogP contribution is -2.06. The van der Waals surface area contributed by atoms with E-state index in [1.807, 2.05) is 32.9 Å². The first-order valence-electron chi connectivity index (χ1n) is 9.29. The van der Waals surface area contributed by atoms with E-state index in [0.717, 1.165) is 35.4 Å². The largest absolute Gasteiger partial charge is 0.455 e. The minimum absolute atomic E-state index is 0.101. The van der Waals surface area contributed by atoms with Crippen molar-refractivity contribution in [2.24, 2.45) is 0 Å². The zero-order valence-electron chi connectivity index (χ0n) is 16.8. The van der Waals surface area contributed by atoms with Crippen LogP contribution >= 0.6 is 18.2 Å². The van der Waals surface area contributed by atoms with E-state index in [-0.39, 0.29) is 11.2 Å². The Morgan fingerprint density at radius 1 is 1.11 bits per heavy atom. The van der Waals surface area contributed by atoms with Gasteiger partial charge in [0.2, 0.25) is 5.43 Å². The second-order valence-corrected chi connectivity index (χ2v) is 11.1. The van der Waals surface area contributed by atoms with Gasteiger partial charge in [-0.15, -0.1) is 0 Å². The molecule has 0 spiro atoms. The summed E-state index contributed by atoms with van der Waals surface area (Å²) in [6.07, 6.45) is 1.78. The number of unbranched alkanes of at least 4 members (excludes halogenated alkanes) is 1. The molecule has 3 aromatic rings. The van der Waals surface area contributed by atoms with Crippen molar-refractivity contribution < 1.29 is 18.4 Å². The molecule has 0 aliphatic heterocycles. The molecule has 1 heterocycles. The van der Waals surface area contributed by atoms with Gasteiger partial charge in [-0.1, -0.05) is 13.3 Å². The van der Waals surface area contributed by atoms with Crippen LogP contribution in [0.2, 0.25) is 0 Å². The highest BCUT2D eigenvalue weighted by Gasteiger charge is 2.25. The monoisotopic (exact) mass is 420 g/mol. The molecule has 1 aromatic heterocycles. The van der Waals surface area contributed by atoms with E-state index in [4.69, 9.17) is 8.94 Å². The van der Waals surface area contributed by atoms with E-state index in [0.29, 0.717) is 38.8 Å². The smallest absolute Gasteiger partial charge is 0.437 e. The molecular weight excluding hydrogens is 395 g/mol. The molecule has 7 heteroatoms. The zero-order chi connectivity index (χ0) is 20.6. The van der Waals surface area contributed by atoms with Gasteiger partial charge in [0, 0.05) is 11.3 Å². The minimum Gasteiger partial charge on any atom is -0.455 e. The fourth-order valence-electron chi connectivity index (χ4n) is 3.13. The summed E-state index contributed by atoms with van der Waals surface area (Å²) in [6, 6.07) is 5.34. The molecule has 28 heavy (non-hydrogen) atoms. The summed E-state index contributed by atoms with van der Waals surface area (Å²) in [6.45, 7) is 5.63. The summed E-state index contributed by atoms with van der Waals surface area (Å²) >= 11 is 0.924. The first-order chi connectivity index (χ1) is 13.1.